The molecular formula is C15H20O4S. The molecule has 0 radical (unpaired) electrons. The molecule has 20 heavy (non-hydrogen) atoms. The highest BCUT2D eigenvalue weighted by atomic mass is 32.2. The number of carboxylic acid groups (broad SMARTS) is 1. The molecule has 0 spiro atoms. The van der Waals surface area contributed by atoms with Crippen molar-refractivity contribution in [1.29, 1.82) is 0 Å². The van der Waals surface area contributed by atoms with Gasteiger partial charge in [-0.25, -0.2) is 4.79 Å². The van der Waals surface area contributed by atoms with Crippen molar-refractivity contribution in [2.45, 2.75) is 6.42 Å². The summed E-state index contributed by atoms with van der Waals surface area (Å²) in [5, 5.41) is 8.58. The van der Waals surface area contributed by atoms with Crippen LogP contribution in [-0.4, -0.2) is 42.9 Å². The van der Waals surface area contributed by atoms with Crippen LogP contribution in [0.1, 0.15) is 12.0 Å². The topological polar surface area (TPSA) is 55.8 Å². The van der Waals surface area contributed by atoms with Gasteiger partial charge in [0.2, 0.25) is 0 Å². The van der Waals surface area contributed by atoms with Crippen molar-refractivity contribution in [1.82, 2.24) is 0 Å². The molecule has 5 heteroatoms. The Morgan fingerprint density at radius 1 is 1.35 bits per heavy atom. The van der Waals surface area contributed by atoms with E-state index < -0.39 is 5.97 Å². The van der Waals surface area contributed by atoms with Crippen LogP contribution >= 0.6 is 11.8 Å². The van der Waals surface area contributed by atoms with E-state index in [-0.39, 0.29) is 0 Å². The van der Waals surface area contributed by atoms with Crippen molar-refractivity contribution in [3.8, 4) is 5.75 Å². The van der Waals surface area contributed by atoms with Gasteiger partial charge in [0, 0.05) is 25.5 Å². The second-order valence-corrected chi connectivity index (χ2v) is 5.28. The lowest BCUT2D eigenvalue weighted by Gasteiger charge is -2.06. The number of carbonyl (C=O) groups is 1. The molecule has 0 bridgehead atoms. The lowest BCUT2D eigenvalue weighted by molar-refractivity contribution is -0.131. The number of hydrogen-bond donors (Lipinski definition) is 1. The predicted octanol–water partition coefficient (Wildman–Crippen LogP) is 2.93. The number of hydrogen-bond acceptors (Lipinski definition) is 4. The predicted molar refractivity (Wildman–Crippen MR) is 82.4 cm³/mol. The van der Waals surface area contributed by atoms with E-state index in [9.17, 15) is 4.79 Å². The zero-order chi connectivity index (χ0) is 14.6. The molecular weight excluding hydrogens is 276 g/mol. The van der Waals surface area contributed by atoms with Gasteiger partial charge in [0.15, 0.2) is 0 Å². The number of aliphatic carboxylic acids is 1. The third-order valence-electron chi connectivity index (χ3n) is 2.41. The average molecular weight is 296 g/mol. The molecule has 0 saturated carbocycles. The van der Waals surface area contributed by atoms with Crippen molar-refractivity contribution in [3.05, 3.63) is 35.9 Å². The first-order chi connectivity index (χ1) is 9.72. The van der Waals surface area contributed by atoms with E-state index in [0.717, 1.165) is 41.9 Å². The third-order valence-corrected chi connectivity index (χ3v) is 3.44. The number of benzene rings is 1. The van der Waals surface area contributed by atoms with Crippen LogP contribution < -0.4 is 4.74 Å². The molecule has 1 rings (SSSR count). The molecule has 0 aromatic heterocycles. The first kappa shape index (κ1) is 16.6. The van der Waals surface area contributed by atoms with Gasteiger partial charge in [-0.15, -0.1) is 0 Å². The van der Waals surface area contributed by atoms with Crippen LogP contribution in [0.4, 0.5) is 0 Å². The van der Waals surface area contributed by atoms with Crippen molar-refractivity contribution in [3.63, 3.8) is 0 Å². The van der Waals surface area contributed by atoms with Crippen molar-refractivity contribution in [2.24, 2.45) is 0 Å². The van der Waals surface area contributed by atoms with Crippen LogP contribution in [0.5, 0.6) is 5.75 Å². The largest absolute Gasteiger partial charge is 0.493 e. The quantitative estimate of drug-likeness (QED) is 0.531. The summed E-state index contributed by atoms with van der Waals surface area (Å²) < 4.78 is 10.6. The SMILES string of the molecule is COCCCSCCOc1cccc(C=CC(=O)O)c1. The van der Waals surface area contributed by atoms with Crippen molar-refractivity contribution in [2.75, 3.05) is 31.8 Å². The monoisotopic (exact) mass is 296 g/mol. The summed E-state index contributed by atoms with van der Waals surface area (Å²) in [6.45, 7) is 1.44. The zero-order valence-corrected chi connectivity index (χ0v) is 12.4. The second kappa shape index (κ2) is 10.3. The van der Waals surface area contributed by atoms with E-state index in [1.165, 1.54) is 0 Å². The normalized spacial score (nSPS) is 10.8. The first-order valence-electron chi connectivity index (χ1n) is 6.43. The lowest BCUT2D eigenvalue weighted by atomic mass is 10.2. The number of thioether (sulfide) groups is 1. The third kappa shape index (κ3) is 7.86. The molecule has 0 amide bonds. The maximum Gasteiger partial charge on any atom is 0.328 e. The van der Waals surface area contributed by atoms with Crippen LogP contribution in [0, 0.1) is 0 Å². The smallest absolute Gasteiger partial charge is 0.328 e. The minimum absolute atomic E-state index is 0.643. The maximum atomic E-state index is 10.4. The van der Waals surface area contributed by atoms with Gasteiger partial charge in [0.25, 0.3) is 0 Å². The molecule has 0 aliphatic rings. The summed E-state index contributed by atoms with van der Waals surface area (Å²) >= 11 is 1.83. The molecule has 1 N–H and O–H groups in total. The molecule has 1 aromatic rings. The van der Waals surface area contributed by atoms with Crippen LogP contribution in [0.2, 0.25) is 0 Å². The van der Waals surface area contributed by atoms with E-state index in [4.69, 9.17) is 14.6 Å². The minimum Gasteiger partial charge on any atom is -0.493 e. The lowest BCUT2D eigenvalue weighted by Crippen LogP contribution is -2.01. The highest BCUT2D eigenvalue weighted by molar-refractivity contribution is 7.99. The summed E-state index contributed by atoms with van der Waals surface area (Å²) in [6.07, 6.45) is 3.72. The fourth-order valence-electron chi connectivity index (χ4n) is 1.50. The highest BCUT2D eigenvalue weighted by Crippen LogP contribution is 2.15. The molecule has 0 aliphatic carbocycles. The molecule has 110 valence electrons. The van der Waals surface area contributed by atoms with Crippen molar-refractivity contribution >= 4 is 23.8 Å². The number of carboxylic acids is 1. The van der Waals surface area contributed by atoms with Gasteiger partial charge in [-0.05, 0) is 35.9 Å². The van der Waals surface area contributed by atoms with Crippen LogP contribution in [0.15, 0.2) is 30.3 Å². The Bertz CT molecular complexity index is 432. The fraction of sp³-hybridized carbons (Fsp3) is 0.400. The van der Waals surface area contributed by atoms with Gasteiger partial charge < -0.3 is 14.6 Å². The molecule has 1 aromatic carbocycles. The number of ether oxygens (including phenoxy) is 2. The van der Waals surface area contributed by atoms with Gasteiger partial charge in [0.05, 0.1) is 6.61 Å². The van der Waals surface area contributed by atoms with Crippen LogP contribution in [-0.2, 0) is 9.53 Å². The Kier molecular flexibility index (Phi) is 8.58. The average Bonchev–Trinajstić information content (AvgIpc) is 2.45. The van der Waals surface area contributed by atoms with Gasteiger partial charge in [-0.2, -0.15) is 11.8 Å². The van der Waals surface area contributed by atoms with Crippen LogP contribution in [0.3, 0.4) is 0 Å². The van der Waals surface area contributed by atoms with Crippen LogP contribution in [0.25, 0.3) is 6.08 Å². The summed E-state index contributed by atoms with van der Waals surface area (Å²) in [5.74, 6) is 1.80. The fourth-order valence-corrected chi connectivity index (χ4v) is 2.23. The minimum atomic E-state index is -0.955. The molecule has 0 unspecified atom stereocenters. The van der Waals surface area contributed by atoms with Gasteiger partial charge in [-0.1, -0.05) is 12.1 Å². The number of rotatable bonds is 10. The van der Waals surface area contributed by atoms with E-state index >= 15 is 0 Å². The summed E-state index contributed by atoms with van der Waals surface area (Å²) in [5.41, 5.74) is 0.817. The molecule has 0 fully saturated rings. The standard InChI is InChI=1S/C15H20O4S/c1-18-8-3-10-20-11-9-19-14-5-2-4-13(12-14)6-7-15(16)17/h2,4-7,12H,3,8-11H2,1H3,(H,16,17). The zero-order valence-electron chi connectivity index (χ0n) is 11.6. The Morgan fingerprint density at radius 2 is 2.20 bits per heavy atom. The summed E-state index contributed by atoms with van der Waals surface area (Å²) in [6, 6.07) is 7.39. The van der Waals surface area contributed by atoms with Gasteiger partial charge in [-0.3, -0.25) is 0 Å². The highest BCUT2D eigenvalue weighted by Gasteiger charge is 1.96. The maximum absolute atomic E-state index is 10.4. The van der Waals surface area contributed by atoms with E-state index in [1.807, 2.05) is 36.0 Å². The summed E-state index contributed by atoms with van der Waals surface area (Å²) in [7, 11) is 1.71. The molecule has 0 saturated heterocycles. The van der Waals surface area contributed by atoms with Gasteiger partial charge >= 0.3 is 5.97 Å². The first-order valence-corrected chi connectivity index (χ1v) is 7.58. The Hall–Kier alpha value is -1.46. The molecule has 0 atom stereocenters. The Balaban J connectivity index is 2.26. The van der Waals surface area contributed by atoms with Crippen molar-refractivity contribution < 1.29 is 19.4 Å². The summed E-state index contributed by atoms with van der Waals surface area (Å²) in [4.78, 5) is 10.4. The van der Waals surface area contributed by atoms with E-state index in [0.29, 0.717) is 6.61 Å². The van der Waals surface area contributed by atoms with E-state index in [2.05, 4.69) is 0 Å². The van der Waals surface area contributed by atoms with Gasteiger partial charge in [0.1, 0.15) is 5.75 Å². The van der Waals surface area contributed by atoms with E-state index in [1.54, 1.807) is 13.2 Å². The second-order valence-electron chi connectivity index (χ2n) is 4.05. The molecule has 0 aliphatic heterocycles. The Morgan fingerprint density at radius 3 is 2.95 bits per heavy atom. The molecule has 4 nitrogen and oxygen atoms in total. The number of methoxy groups -OCH3 is 1. The molecule has 0 heterocycles. The Labute approximate surface area is 123 Å².